The van der Waals surface area contributed by atoms with E-state index in [0.29, 0.717) is 18.9 Å². The van der Waals surface area contributed by atoms with Gasteiger partial charge in [-0.25, -0.2) is 0 Å². The summed E-state index contributed by atoms with van der Waals surface area (Å²) >= 11 is 0. The first-order valence-corrected chi connectivity index (χ1v) is 4.14. The minimum atomic E-state index is -0.0862. The fourth-order valence-electron chi connectivity index (χ4n) is 1.94. The maximum absolute atomic E-state index is 10.9. The zero-order valence-electron chi connectivity index (χ0n) is 6.47. The Labute approximate surface area is 65.8 Å². The molecule has 2 fully saturated rings. The van der Waals surface area contributed by atoms with E-state index >= 15 is 0 Å². The van der Waals surface area contributed by atoms with Crippen molar-refractivity contribution >= 4 is 5.91 Å². The zero-order valence-corrected chi connectivity index (χ0v) is 6.47. The number of rotatable bonds is 2. The van der Waals surface area contributed by atoms with Crippen molar-refractivity contribution in [1.82, 2.24) is 5.32 Å². The van der Waals surface area contributed by atoms with E-state index in [1.54, 1.807) is 0 Å². The van der Waals surface area contributed by atoms with E-state index in [2.05, 4.69) is 5.32 Å². The number of aliphatic hydroxyl groups excluding tert-OH is 1. The Bertz CT molecular complexity index is 189. The Morgan fingerprint density at radius 2 is 2.36 bits per heavy atom. The van der Waals surface area contributed by atoms with Gasteiger partial charge in [-0.15, -0.1) is 0 Å². The number of carbonyl (C=O) groups is 1. The molecule has 1 unspecified atom stereocenters. The fraction of sp³-hybridized carbons (Fsp3) is 0.875. The first kappa shape index (κ1) is 7.10. The highest BCUT2D eigenvalue weighted by Crippen LogP contribution is 2.48. The molecular formula is C8H13NO2. The van der Waals surface area contributed by atoms with Crippen molar-refractivity contribution in [3.05, 3.63) is 0 Å². The lowest BCUT2D eigenvalue weighted by Crippen LogP contribution is -2.30. The molecule has 1 heterocycles. The molecule has 2 rings (SSSR count). The third kappa shape index (κ3) is 1.03. The summed E-state index contributed by atoms with van der Waals surface area (Å²) in [5.74, 6) is 0.706. The van der Waals surface area contributed by atoms with Crippen molar-refractivity contribution in [1.29, 1.82) is 0 Å². The molecule has 2 aliphatic rings. The predicted octanol–water partition coefficient (Wildman–Crippen LogP) is -0.105. The van der Waals surface area contributed by atoms with Gasteiger partial charge in [-0.05, 0) is 18.8 Å². The number of amides is 1. The first-order chi connectivity index (χ1) is 5.27. The molecule has 1 atom stereocenters. The minimum Gasteiger partial charge on any atom is -0.396 e. The molecule has 0 radical (unpaired) electrons. The predicted molar refractivity (Wildman–Crippen MR) is 39.9 cm³/mol. The lowest BCUT2D eigenvalue weighted by atomic mass is 9.83. The SMILES string of the molecule is O=C1CC(CO)(C2CC2)CN1. The highest BCUT2D eigenvalue weighted by atomic mass is 16.3. The first-order valence-electron chi connectivity index (χ1n) is 4.14. The second-order valence-electron chi connectivity index (χ2n) is 3.75. The van der Waals surface area contributed by atoms with Crippen LogP contribution in [0.25, 0.3) is 0 Å². The van der Waals surface area contributed by atoms with Gasteiger partial charge in [-0.2, -0.15) is 0 Å². The molecule has 0 aromatic rings. The molecule has 0 aromatic carbocycles. The Morgan fingerprint density at radius 1 is 1.64 bits per heavy atom. The molecule has 1 saturated heterocycles. The van der Waals surface area contributed by atoms with Crippen LogP contribution in [-0.4, -0.2) is 24.2 Å². The van der Waals surface area contributed by atoms with Gasteiger partial charge in [0.2, 0.25) is 5.91 Å². The van der Waals surface area contributed by atoms with Crippen molar-refractivity contribution in [2.75, 3.05) is 13.2 Å². The number of hydrogen-bond acceptors (Lipinski definition) is 2. The van der Waals surface area contributed by atoms with E-state index in [9.17, 15) is 4.79 Å². The van der Waals surface area contributed by atoms with E-state index in [1.807, 2.05) is 0 Å². The maximum Gasteiger partial charge on any atom is 0.220 e. The van der Waals surface area contributed by atoms with E-state index in [4.69, 9.17) is 5.11 Å². The summed E-state index contributed by atoms with van der Waals surface area (Å²) in [5, 5.41) is 11.9. The molecular weight excluding hydrogens is 142 g/mol. The van der Waals surface area contributed by atoms with Gasteiger partial charge in [0.05, 0.1) is 6.61 Å². The lowest BCUT2D eigenvalue weighted by molar-refractivity contribution is -0.120. The Balaban J connectivity index is 2.10. The van der Waals surface area contributed by atoms with Crippen LogP contribution in [0.2, 0.25) is 0 Å². The van der Waals surface area contributed by atoms with E-state index in [0.717, 1.165) is 0 Å². The molecule has 2 N–H and O–H groups in total. The number of hydrogen-bond donors (Lipinski definition) is 2. The van der Waals surface area contributed by atoms with Crippen molar-refractivity contribution < 1.29 is 9.90 Å². The molecule has 62 valence electrons. The van der Waals surface area contributed by atoms with Gasteiger partial charge in [0.1, 0.15) is 0 Å². The quantitative estimate of drug-likeness (QED) is 0.584. The normalized spacial score (nSPS) is 37.4. The second-order valence-corrected chi connectivity index (χ2v) is 3.75. The van der Waals surface area contributed by atoms with Crippen molar-refractivity contribution in [2.45, 2.75) is 19.3 Å². The van der Waals surface area contributed by atoms with Gasteiger partial charge >= 0.3 is 0 Å². The van der Waals surface area contributed by atoms with Gasteiger partial charge in [0.15, 0.2) is 0 Å². The van der Waals surface area contributed by atoms with Gasteiger partial charge < -0.3 is 10.4 Å². The van der Waals surface area contributed by atoms with E-state index in [-0.39, 0.29) is 17.9 Å². The van der Waals surface area contributed by atoms with Crippen LogP contribution in [0.15, 0.2) is 0 Å². The fourth-order valence-corrected chi connectivity index (χ4v) is 1.94. The Hall–Kier alpha value is -0.570. The average Bonchev–Trinajstić information content (AvgIpc) is 2.77. The highest BCUT2D eigenvalue weighted by molar-refractivity contribution is 5.79. The lowest BCUT2D eigenvalue weighted by Gasteiger charge is -2.23. The molecule has 11 heavy (non-hydrogen) atoms. The van der Waals surface area contributed by atoms with Crippen LogP contribution in [0.5, 0.6) is 0 Å². The van der Waals surface area contributed by atoms with Gasteiger partial charge in [-0.1, -0.05) is 0 Å². The molecule has 1 saturated carbocycles. The van der Waals surface area contributed by atoms with Crippen LogP contribution in [0, 0.1) is 11.3 Å². The smallest absolute Gasteiger partial charge is 0.220 e. The number of nitrogens with one attached hydrogen (secondary N) is 1. The van der Waals surface area contributed by atoms with Crippen molar-refractivity contribution in [3.8, 4) is 0 Å². The molecule has 3 nitrogen and oxygen atoms in total. The monoisotopic (exact) mass is 155 g/mol. The standard InChI is InChI=1S/C8H13NO2/c10-5-8(6-1-2-6)3-7(11)9-4-8/h6,10H,1-5H2,(H,9,11). The van der Waals surface area contributed by atoms with Crippen LogP contribution >= 0.6 is 0 Å². The largest absolute Gasteiger partial charge is 0.396 e. The number of aliphatic hydroxyl groups is 1. The zero-order chi connectivity index (χ0) is 7.90. The molecule has 0 spiro atoms. The summed E-state index contributed by atoms with van der Waals surface area (Å²) in [7, 11) is 0. The molecule has 1 aliphatic heterocycles. The molecule has 1 amide bonds. The van der Waals surface area contributed by atoms with Crippen LogP contribution in [0.1, 0.15) is 19.3 Å². The summed E-state index contributed by atoms with van der Waals surface area (Å²) in [5.41, 5.74) is -0.0862. The van der Waals surface area contributed by atoms with E-state index < -0.39 is 0 Å². The molecule has 0 bridgehead atoms. The second kappa shape index (κ2) is 2.21. The minimum absolute atomic E-state index is 0.0862. The highest BCUT2D eigenvalue weighted by Gasteiger charge is 2.49. The average molecular weight is 155 g/mol. The van der Waals surface area contributed by atoms with Gasteiger partial charge in [0.25, 0.3) is 0 Å². The topological polar surface area (TPSA) is 49.3 Å². The van der Waals surface area contributed by atoms with Gasteiger partial charge in [-0.3, -0.25) is 4.79 Å². The Morgan fingerprint density at radius 3 is 2.73 bits per heavy atom. The summed E-state index contributed by atoms with van der Waals surface area (Å²) in [6.45, 7) is 0.851. The van der Waals surface area contributed by atoms with Crippen molar-refractivity contribution in [2.24, 2.45) is 11.3 Å². The van der Waals surface area contributed by atoms with Crippen LogP contribution in [-0.2, 0) is 4.79 Å². The summed E-state index contributed by atoms with van der Waals surface area (Å²) in [6, 6.07) is 0. The van der Waals surface area contributed by atoms with Crippen LogP contribution in [0.3, 0.4) is 0 Å². The molecule has 0 aromatic heterocycles. The maximum atomic E-state index is 10.9. The van der Waals surface area contributed by atoms with Crippen molar-refractivity contribution in [3.63, 3.8) is 0 Å². The molecule has 3 heteroatoms. The van der Waals surface area contributed by atoms with Crippen LogP contribution in [0.4, 0.5) is 0 Å². The molecule has 1 aliphatic carbocycles. The third-order valence-electron chi connectivity index (χ3n) is 2.91. The van der Waals surface area contributed by atoms with Gasteiger partial charge in [0, 0.05) is 18.4 Å². The Kier molecular flexibility index (Phi) is 1.42. The number of carbonyl (C=O) groups excluding carboxylic acids is 1. The van der Waals surface area contributed by atoms with Crippen LogP contribution < -0.4 is 5.32 Å². The summed E-state index contributed by atoms with van der Waals surface area (Å²) < 4.78 is 0. The third-order valence-corrected chi connectivity index (χ3v) is 2.91. The van der Waals surface area contributed by atoms with E-state index in [1.165, 1.54) is 12.8 Å². The summed E-state index contributed by atoms with van der Waals surface area (Å²) in [6.07, 6.45) is 2.92. The summed E-state index contributed by atoms with van der Waals surface area (Å²) in [4.78, 5) is 10.9.